The minimum Gasteiger partial charge on any atom is -0.396 e. The van der Waals surface area contributed by atoms with Gasteiger partial charge in [-0.25, -0.2) is 4.39 Å². The van der Waals surface area contributed by atoms with Crippen molar-refractivity contribution in [2.24, 2.45) is 0 Å². The first-order chi connectivity index (χ1) is 7.85. The van der Waals surface area contributed by atoms with Crippen LogP contribution >= 0.6 is 11.6 Å². The zero-order chi connectivity index (χ0) is 13.1. The van der Waals surface area contributed by atoms with Crippen molar-refractivity contribution in [3.63, 3.8) is 0 Å². The molecule has 0 aliphatic heterocycles. The molecule has 0 saturated heterocycles. The minimum atomic E-state index is -0.619. The Balaban J connectivity index is 2.86. The molecule has 0 heterocycles. The number of rotatable bonds is 4. The molecule has 0 aliphatic carbocycles. The summed E-state index contributed by atoms with van der Waals surface area (Å²) in [6.45, 7) is 3.46. The summed E-state index contributed by atoms with van der Waals surface area (Å²) in [6.07, 6.45) is 0.390. The Kier molecular flexibility index (Phi) is 4.48. The monoisotopic (exact) mass is 259 g/mol. The maximum atomic E-state index is 13.4. The maximum absolute atomic E-state index is 13.4. The standard InChI is InChI=1S/C12H15ClFNO2/c1-12(2,5-6-16)15-11(17)9-7-8(13)3-4-10(9)14/h3-4,7,16H,5-6H2,1-2H3,(H,15,17). The summed E-state index contributed by atoms with van der Waals surface area (Å²) in [5.41, 5.74) is -0.691. The van der Waals surface area contributed by atoms with Gasteiger partial charge in [-0.2, -0.15) is 0 Å². The lowest BCUT2D eigenvalue weighted by molar-refractivity contribution is 0.0895. The molecule has 0 fully saturated rings. The summed E-state index contributed by atoms with van der Waals surface area (Å²) in [5.74, 6) is -1.16. The molecule has 1 aromatic rings. The molecule has 1 amide bonds. The van der Waals surface area contributed by atoms with Crippen molar-refractivity contribution >= 4 is 17.5 Å². The number of hydrogen-bond acceptors (Lipinski definition) is 2. The Labute approximate surface area is 105 Å². The summed E-state index contributed by atoms with van der Waals surface area (Å²) < 4.78 is 13.4. The van der Waals surface area contributed by atoms with Gasteiger partial charge in [-0.3, -0.25) is 4.79 Å². The topological polar surface area (TPSA) is 49.3 Å². The molecule has 3 nitrogen and oxygen atoms in total. The molecular weight excluding hydrogens is 245 g/mol. The molecule has 1 aromatic carbocycles. The van der Waals surface area contributed by atoms with E-state index in [1.807, 2.05) is 0 Å². The molecule has 0 unspecified atom stereocenters. The number of benzene rings is 1. The molecule has 0 aromatic heterocycles. The fourth-order valence-corrected chi connectivity index (χ4v) is 1.56. The van der Waals surface area contributed by atoms with E-state index >= 15 is 0 Å². The van der Waals surface area contributed by atoms with Gasteiger partial charge in [0.1, 0.15) is 5.82 Å². The first-order valence-corrected chi connectivity index (χ1v) is 5.62. The lowest BCUT2D eigenvalue weighted by Crippen LogP contribution is -2.44. The van der Waals surface area contributed by atoms with Gasteiger partial charge in [0, 0.05) is 17.2 Å². The van der Waals surface area contributed by atoms with Gasteiger partial charge in [0.25, 0.3) is 5.91 Å². The number of carbonyl (C=O) groups excluding carboxylic acids is 1. The van der Waals surface area contributed by atoms with E-state index in [1.165, 1.54) is 12.1 Å². The molecule has 2 N–H and O–H groups in total. The van der Waals surface area contributed by atoms with E-state index in [0.717, 1.165) is 6.07 Å². The Morgan fingerprint density at radius 3 is 2.76 bits per heavy atom. The largest absolute Gasteiger partial charge is 0.396 e. The van der Waals surface area contributed by atoms with E-state index in [4.69, 9.17) is 16.7 Å². The lowest BCUT2D eigenvalue weighted by atomic mass is 10.0. The zero-order valence-electron chi connectivity index (χ0n) is 9.76. The SMILES string of the molecule is CC(C)(CCO)NC(=O)c1cc(Cl)ccc1F. The van der Waals surface area contributed by atoms with Crippen molar-refractivity contribution in [2.45, 2.75) is 25.8 Å². The van der Waals surface area contributed by atoms with Crippen molar-refractivity contribution in [1.29, 1.82) is 0 Å². The van der Waals surface area contributed by atoms with Crippen molar-refractivity contribution in [2.75, 3.05) is 6.61 Å². The van der Waals surface area contributed by atoms with E-state index in [2.05, 4.69) is 5.32 Å². The van der Waals surface area contributed by atoms with Gasteiger partial charge in [-0.15, -0.1) is 0 Å². The predicted molar refractivity (Wildman–Crippen MR) is 64.7 cm³/mol. The van der Waals surface area contributed by atoms with Gasteiger partial charge in [-0.1, -0.05) is 11.6 Å². The highest BCUT2D eigenvalue weighted by molar-refractivity contribution is 6.31. The van der Waals surface area contributed by atoms with Crippen LogP contribution in [0, 0.1) is 5.82 Å². The van der Waals surface area contributed by atoms with Crippen LogP contribution < -0.4 is 5.32 Å². The van der Waals surface area contributed by atoms with Gasteiger partial charge < -0.3 is 10.4 Å². The van der Waals surface area contributed by atoms with Gasteiger partial charge in [0.15, 0.2) is 0 Å². The molecule has 0 atom stereocenters. The molecule has 5 heteroatoms. The van der Waals surface area contributed by atoms with Crippen LogP contribution in [-0.2, 0) is 0 Å². The van der Waals surface area contributed by atoms with E-state index in [1.54, 1.807) is 13.8 Å². The van der Waals surface area contributed by atoms with Crippen molar-refractivity contribution in [3.05, 3.63) is 34.6 Å². The van der Waals surface area contributed by atoms with Gasteiger partial charge in [0.2, 0.25) is 0 Å². The quantitative estimate of drug-likeness (QED) is 0.872. The molecule has 0 aliphatic rings. The molecule has 17 heavy (non-hydrogen) atoms. The Hall–Kier alpha value is -1.13. The zero-order valence-corrected chi connectivity index (χ0v) is 10.5. The third kappa shape index (κ3) is 3.98. The van der Waals surface area contributed by atoms with Crippen LogP contribution in [0.3, 0.4) is 0 Å². The van der Waals surface area contributed by atoms with Crippen molar-refractivity contribution in [3.8, 4) is 0 Å². The number of aliphatic hydroxyl groups is 1. The van der Waals surface area contributed by atoms with Crippen molar-refractivity contribution < 1.29 is 14.3 Å². The molecule has 0 saturated carbocycles. The van der Waals surface area contributed by atoms with Crippen LogP contribution in [0.2, 0.25) is 5.02 Å². The summed E-state index contributed by atoms with van der Waals surface area (Å²) in [7, 11) is 0. The van der Waals surface area contributed by atoms with Crippen molar-refractivity contribution in [1.82, 2.24) is 5.32 Å². The number of hydrogen-bond donors (Lipinski definition) is 2. The number of carbonyl (C=O) groups is 1. The van der Waals surface area contributed by atoms with Crippen LogP contribution in [0.4, 0.5) is 4.39 Å². The van der Waals surface area contributed by atoms with E-state index in [0.29, 0.717) is 11.4 Å². The number of aliphatic hydroxyl groups excluding tert-OH is 1. The summed E-state index contributed by atoms with van der Waals surface area (Å²) in [5, 5.41) is 11.8. The van der Waals surface area contributed by atoms with Crippen LogP contribution in [0.15, 0.2) is 18.2 Å². The number of amides is 1. The highest BCUT2D eigenvalue weighted by atomic mass is 35.5. The molecule has 1 rings (SSSR count). The summed E-state index contributed by atoms with van der Waals surface area (Å²) in [4.78, 5) is 11.8. The number of halogens is 2. The van der Waals surface area contributed by atoms with E-state index in [9.17, 15) is 9.18 Å². The summed E-state index contributed by atoms with van der Waals surface area (Å²) >= 11 is 5.71. The highest BCUT2D eigenvalue weighted by Gasteiger charge is 2.22. The summed E-state index contributed by atoms with van der Waals surface area (Å²) in [6, 6.07) is 3.81. The molecular formula is C12H15ClFNO2. The Bertz CT molecular complexity index is 421. The number of nitrogens with one attached hydrogen (secondary N) is 1. The normalized spacial score (nSPS) is 11.4. The average Bonchev–Trinajstić information content (AvgIpc) is 2.20. The molecule has 0 radical (unpaired) electrons. The van der Waals surface area contributed by atoms with E-state index in [-0.39, 0.29) is 12.2 Å². The van der Waals surface area contributed by atoms with E-state index < -0.39 is 17.3 Å². The third-order valence-corrected chi connectivity index (χ3v) is 2.60. The Morgan fingerprint density at radius 2 is 2.18 bits per heavy atom. The van der Waals surface area contributed by atoms with Crippen LogP contribution in [0.1, 0.15) is 30.6 Å². The van der Waals surface area contributed by atoms with Crippen LogP contribution in [-0.4, -0.2) is 23.2 Å². The first-order valence-electron chi connectivity index (χ1n) is 5.24. The second-order valence-electron chi connectivity index (χ2n) is 4.44. The smallest absolute Gasteiger partial charge is 0.254 e. The second-order valence-corrected chi connectivity index (χ2v) is 4.87. The lowest BCUT2D eigenvalue weighted by Gasteiger charge is -2.25. The molecule has 0 spiro atoms. The van der Waals surface area contributed by atoms with Gasteiger partial charge >= 0.3 is 0 Å². The fraction of sp³-hybridized carbons (Fsp3) is 0.417. The highest BCUT2D eigenvalue weighted by Crippen LogP contribution is 2.16. The third-order valence-electron chi connectivity index (χ3n) is 2.36. The average molecular weight is 260 g/mol. The second kappa shape index (κ2) is 5.47. The molecule has 0 bridgehead atoms. The van der Waals surface area contributed by atoms with Crippen LogP contribution in [0.25, 0.3) is 0 Å². The predicted octanol–water partition coefficient (Wildman–Crippen LogP) is 2.37. The Morgan fingerprint density at radius 1 is 1.53 bits per heavy atom. The van der Waals surface area contributed by atoms with Gasteiger partial charge in [0.05, 0.1) is 5.56 Å². The minimum absolute atomic E-state index is 0.0503. The fourth-order valence-electron chi connectivity index (χ4n) is 1.39. The van der Waals surface area contributed by atoms with Crippen LogP contribution in [0.5, 0.6) is 0 Å². The molecule has 94 valence electrons. The van der Waals surface area contributed by atoms with Gasteiger partial charge in [-0.05, 0) is 38.5 Å². The maximum Gasteiger partial charge on any atom is 0.254 e. The first kappa shape index (κ1) is 13.9.